The fourth-order valence-corrected chi connectivity index (χ4v) is 2.08. The minimum absolute atomic E-state index is 0.0823. The van der Waals surface area contributed by atoms with Crippen LogP contribution in [-0.2, 0) is 0 Å². The molecule has 1 aromatic carbocycles. The highest BCUT2D eigenvalue weighted by Gasteiger charge is 2.27. The molecule has 0 saturated carbocycles. The first-order valence-electron chi connectivity index (χ1n) is 3.98. The van der Waals surface area contributed by atoms with Crippen LogP contribution in [0.2, 0.25) is 5.02 Å². The molecule has 0 radical (unpaired) electrons. The minimum atomic E-state index is -4.27. The summed E-state index contributed by atoms with van der Waals surface area (Å²) in [5.74, 6) is -1.04. The second-order valence-corrected chi connectivity index (χ2v) is 4.68. The molecule has 0 aliphatic heterocycles. The summed E-state index contributed by atoms with van der Waals surface area (Å²) < 4.78 is 35.9. The van der Waals surface area contributed by atoms with Gasteiger partial charge in [-0.05, 0) is 29.8 Å². The van der Waals surface area contributed by atoms with Crippen LogP contribution in [0, 0.1) is 0 Å². The molecule has 0 atom stereocenters. The summed E-state index contributed by atoms with van der Waals surface area (Å²) in [4.78, 5) is 11.1. The second kappa shape index (κ2) is 5.29. The highest BCUT2D eigenvalue weighted by atomic mass is 35.5. The van der Waals surface area contributed by atoms with Crippen molar-refractivity contribution < 1.29 is 18.0 Å². The van der Waals surface area contributed by atoms with Gasteiger partial charge in [-0.2, -0.15) is 13.2 Å². The average Bonchev–Trinajstić information content (AvgIpc) is 2.13. The number of benzene rings is 1. The van der Waals surface area contributed by atoms with E-state index in [1.807, 2.05) is 0 Å². The maximum Gasteiger partial charge on any atom is 0.398 e. The van der Waals surface area contributed by atoms with E-state index in [-0.39, 0.29) is 15.5 Å². The third kappa shape index (κ3) is 4.63. The molecule has 0 aliphatic rings. The van der Waals surface area contributed by atoms with E-state index in [1.165, 1.54) is 18.2 Å². The Hall–Kier alpha value is -0.390. The first kappa shape index (κ1) is 13.7. The number of hydrogen-bond donors (Lipinski definition) is 0. The first-order valence-corrected chi connectivity index (χ1v) is 5.72. The smallest absolute Gasteiger partial charge is 0.276 e. The molecule has 0 bridgehead atoms. The second-order valence-electron chi connectivity index (χ2n) is 2.85. The van der Waals surface area contributed by atoms with Crippen LogP contribution in [0.3, 0.4) is 0 Å². The third-order valence-corrected chi connectivity index (χ3v) is 2.98. The summed E-state index contributed by atoms with van der Waals surface area (Å²) in [5.41, 5.74) is 0.0823. The van der Waals surface area contributed by atoms with Crippen molar-refractivity contribution in [1.29, 1.82) is 0 Å². The predicted molar refractivity (Wildman–Crippen MR) is 58.4 cm³/mol. The first-order chi connectivity index (χ1) is 7.28. The van der Waals surface area contributed by atoms with E-state index in [4.69, 9.17) is 23.2 Å². The molecule has 0 aromatic heterocycles. The number of rotatable bonds is 3. The number of hydrogen-bond acceptors (Lipinski definition) is 2. The fraction of sp³-hybridized carbons (Fsp3) is 0.222. The highest BCUT2D eigenvalue weighted by Crippen LogP contribution is 2.30. The van der Waals surface area contributed by atoms with Crippen LogP contribution in [0.15, 0.2) is 23.1 Å². The lowest BCUT2D eigenvalue weighted by Crippen LogP contribution is -2.10. The Bertz CT molecular complexity index is 406. The molecule has 0 unspecified atom stereocenters. The molecule has 1 aromatic rings. The molecule has 16 heavy (non-hydrogen) atoms. The number of thioether (sulfide) groups is 1. The van der Waals surface area contributed by atoms with E-state index in [0.29, 0.717) is 11.8 Å². The maximum atomic E-state index is 12.0. The number of carbonyl (C=O) groups is 1. The van der Waals surface area contributed by atoms with Crippen molar-refractivity contribution in [3.63, 3.8) is 0 Å². The molecule has 0 aliphatic carbocycles. The quantitative estimate of drug-likeness (QED) is 0.607. The number of alkyl halides is 3. The van der Waals surface area contributed by atoms with Gasteiger partial charge in [0, 0.05) is 15.5 Å². The van der Waals surface area contributed by atoms with Crippen LogP contribution in [-0.4, -0.2) is 17.2 Å². The van der Waals surface area contributed by atoms with Crippen molar-refractivity contribution >= 4 is 40.2 Å². The van der Waals surface area contributed by atoms with Gasteiger partial charge in [-0.1, -0.05) is 11.6 Å². The van der Waals surface area contributed by atoms with Gasteiger partial charge in [0.1, 0.15) is 0 Å². The maximum absolute atomic E-state index is 12.0. The van der Waals surface area contributed by atoms with E-state index >= 15 is 0 Å². The fourth-order valence-electron chi connectivity index (χ4n) is 0.925. The SMILES string of the molecule is O=C(Cl)c1cc(Cl)cc(SCC(F)(F)F)c1. The van der Waals surface area contributed by atoms with Gasteiger partial charge in [0.15, 0.2) is 0 Å². The number of halogens is 5. The number of carbonyl (C=O) groups excluding carboxylic acids is 1. The summed E-state index contributed by atoms with van der Waals surface area (Å²) in [6, 6.07) is 3.92. The topological polar surface area (TPSA) is 17.1 Å². The molecule has 0 amide bonds. The molecule has 0 fully saturated rings. The van der Waals surface area contributed by atoms with E-state index in [2.05, 4.69) is 0 Å². The Morgan fingerprint density at radius 1 is 1.31 bits per heavy atom. The zero-order valence-electron chi connectivity index (χ0n) is 7.65. The largest absolute Gasteiger partial charge is 0.398 e. The molecule has 0 N–H and O–H groups in total. The molecule has 88 valence electrons. The lowest BCUT2D eigenvalue weighted by Gasteiger charge is -2.07. The molecule has 0 heterocycles. The van der Waals surface area contributed by atoms with Crippen LogP contribution in [0.1, 0.15) is 10.4 Å². The van der Waals surface area contributed by atoms with Gasteiger partial charge in [-0.15, -0.1) is 11.8 Å². The van der Waals surface area contributed by atoms with Crippen LogP contribution in [0.25, 0.3) is 0 Å². The van der Waals surface area contributed by atoms with Gasteiger partial charge in [-0.25, -0.2) is 0 Å². The Morgan fingerprint density at radius 2 is 1.94 bits per heavy atom. The van der Waals surface area contributed by atoms with Gasteiger partial charge >= 0.3 is 6.18 Å². The van der Waals surface area contributed by atoms with Crippen molar-refractivity contribution in [2.45, 2.75) is 11.1 Å². The minimum Gasteiger partial charge on any atom is -0.276 e. The van der Waals surface area contributed by atoms with Crippen LogP contribution < -0.4 is 0 Å². The van der Waals surface area contributed by atoms with Crippen LogP contribution in [0.4, 0.5) is 13.2 Å². The Labute approximate surface area is 104 Å². The van der Waals surface area contributed by atoms with E-state index < -0.39 is 17.2 Å². The van der Waals surface area contributed by atoms with Gasteiger partial charge in [0.25, 0.3) is 5.24 Å². The van der Waals surface area contributed by atoms with E-state index in [9.17, 15) is 18.0 Å². The summed E-state index contributed by atoms with van der Waals surface area (Å²) >= 11 is 11.4. The van der Waals surface area contributed by atoms with E-state index in [0.717, 1.165) is 0 Å². The van der Waals surface area contributed by atoms with Crippen molar-refractivity contribution in [3.05, 3.63) is 28.8 Å². The zero-order chi connectivity index (χ0) is 12.3. The van der Waals surface area contributed by atoms with Crippen molar-refractivity contribution in [3.8, 4) is 0 Å². The van der Waals surface area contributed by atoms with Crippen molar-refractivity contribution in [2.75, 3.05) is 5.75 Å². The summed E-state index contributed by atoms with van der Waals surface area (Å²) in [6.45, 7) is 0. The Balaban J connectivity index is 2.85. The van der Waals surface area contributed by atoms with Crippen molar-refractivity contribution in [2.24, 2.45) is 0 Å². The van der Waals surface area contributed by atoms with Gasteiger partial charge in [-0.3, -0.25) is 4.79 Å². The zero-order valence-corrected chi connectivity index (χ0v) is 9.97. The van der Waals surface area contributed by atoms with Crippen LogP contribution >= 0.6 is 35.0 Å². The van der Waals surface area contributed by atoms with Crippen molar-refractivity contribution in [1.82, 2.24) is 0 Å². The third-order valence-electron chi connectivity index (χ3n) is 1.50. The van der Waals surface area contributed by atoms with Gasteiger partial charge in [0.05, 0.1) is 5.75 Å². The Morgan fingerprint density at radius 3 is 2.44 bits per heavy atom. The lowest BCUT2D eigenvalue weighted by molar-refractivity contribution is -0.105. The average molecular weight is 289 g/mol. The predicted octanol–water partition coefficient (Wildman–Crippen LogP) is 4.37. The normalized spacial score (nSPS) is 11.6. The van der Waals surface area contributed by atoms with E-state index in [1.54, 1.807) is 0 Å². The molecule has 0 spiro atoms. The standard InChI is InChI=1S/C9H5Cl2F3OS/c10-6-1-5(8(11)15)2-7(3-6)16-4-9(12,13)14/h1-3H,4H2. The Kier molecular flexibility index (Phi) is 4.52. The summed E-state index contributed by atoms with van der Waals surface area (Å²) in [7, 11) is 0. The molecular formula is C9H5Cl2F3OS. The summed E-state index contributed by atoms with van der Waals surface area (Å²) in [6.07, 6.45) is -4.27. The highest BCUT2D eigenvalue weighted by molar-refractivity contribution is 7.99. The molecular weight excluding hydrogens is 284 g/mol. The molecule has 7 heteroatoms. The van der Waals surface area contributed by atoms with Crippen LogP contribution in [0.5, 0.6) is 0 Å². The molecule has 1 rings (SSSR count). The van der Waals surface area contributed by atoms with Gasteiger partial charge < -0.3 is 0 Å². The lowest BCUT2D eigenvalue weighted by atomic mass is 10.2. The summed E-state index contributed by atoms with van der Waals surface area (Å²) in [5, 5.41) is -0.576. The van der Waals surface area contributed by atoms with Gasteiger partial charge in [0.2, 0.25) is 0 Å². The molecule has 0 saturated heterocycles. The monoisotopic (exact) mass is 288 g/mol. The molecule has 1 nitrogen and oxygen atoms in total.